The van der Waals surface area contributed by atoms with Crippen molar-refractivity contribution in [3.05, 3.63) is 47.1 Å². The summed E-state index contributed by atoms with van der Waals surface area (Å²) in [6.45, 7) is 3.99. The number of allylic oxidation sites excluding steroid dienone is 4. The van der Waals surface area contributed by atoms with Crippen LogP contribution in [0.1, 0.15) is 24.2 Å². The Balaban J connectivity index is 2.26. The third-order valence-corrected chi connectivity index (χ3v) is 3.42. The number of carbonyl (C=O) groups excluding carboxylic acids is 1. The van der Waals surface area contributed by atoms with E-state index in [1.54, 1.807) is 18.2 Å². The van der Waals surface area contributed by atoms with Crippen LogP contribution in [-0.2, 0) is 0 Å². The zero-order valence-corrected chi connectivity index (χ0v) is 10.4. The Labute approximate surface area is 106 Å². The molecule has 2 N–H and O–H groups in total. The number of nitrogen functional groups attached to an aromatic ring is 1. The number of carbonyl (C=O) groups is 1. The van der Waals surface area contributed by atoms with Crippen LogP contribution >= 0.6 is 0 Å². The van der Waals surface area contributed by atoms with Crippen LogP contribution in [0.4, 0.5) is 11.4 Å². The number of ketones is 1. The number of benzene rings is 1. The van der Waals surface area contributed by atoms with Crippen molar-refractivity contribution in [3.8, 4) is 0 Å². The van der Waals surface area contributed by atoms with Gasteiger partial charge in [0.1, 0.15) is 0 Å². The second-order valence-electron chi connectivity index (χ2n) is 4.85. The van der Waals surface area contributed by atoms with Gasteiger partial charge in [-0.05, 0) is 37.6 Å². The van der Waals surface area contributed by atoms with Gasteiger partial charge in [-0.2, -0.15) is 0 Å². The van der Waals surface area contributed by atoms with Crippen molar-refractivity contribution in [2.45, 2.75) is 13.8 Å². The minimum atomic E-state index is -0.233. The number of anilines is 1. The van der Waals surface area contributed by atoms with Crippen LogP contribution in [0.25, 0.3) is 0 Å². The van der Waals surface area contributed by atoms with Crippen molar-refractivity contribution in [2.24, 2.45) is 10.9 Å². The van der Waals surface area contributed by atoms with E-state index in [-0.39, 0.29) is 11.7 Å². The van der Waals surface area contributed by atoms with Crippen LogP contribution < -0.4 is 5.73 Å². The molecule has 2 aliphatic rings. The molecule has 1 unspecified atom stereocenters. The first kappa shape index (κ1) is 11.0. The van der Waals surface area contributed by atoms with Gasteiger partial charge in [-0.15, -0.1) is 0 Å². The third kappa shape index (κ3) is 1.44. The highest BCUT2D eigenvalue weighted by atomic mass is 16.1. The fourth-order valence-corrected chi connectivity index (χ4v) is 2.64. The summed E-state index contributed by atoms with van der Waals surface area (Å²) in [4.78, 5) is 17.1. The van der Waals surface area contributed by atoms with Crippen LogP contribution in [0.3, 0.4) is 0 Å². The Morgan fingerprint density at radius 3 is 2.78 bits per heavy atom. The Bertz CT molecular complexity index is 650. The first-order chi connectivity index (χ1) is 8.58. The van der Waals surface area contributed by atoms with Gasteiger partial charge in [-0.3, -0.25) is 4.79 Å². The summed E-state index contributed by atoms with van der Waals surface area (Å²) < 4.78 is 0. The van der Waals surface area contributed by atoms with Gasteiger partial charge in [0, 0.05) is 5.56 Å². The highest BCUT2D eigenvalue weighted by molar-refractivity contribution is 6.24. The number of hydrogen-bond acceptors (Lipinski definition) is 3. The molecular formula is C15H14N2O. The summed E-state index contributed by atoms with van der Waals surface area (Å²) in [5, 5.41) is 0. The second-order valence-corrected chi connectivity index (χ2v) is 4.85. The monoisotopic (exact) mass is 238 g/mol. The molecule has 90 valence electrons. The molecule has 0 saturated carbocycles. The van der Waals surface area contributed by atoms with E-state index in [2.05, 4.69) is 4.99 Å². The first-order valence-electron chi connectivity index (χ1n) is 5.95. The second kappa shape index (κ2) is 3.67. The highest BCUT2D eigenvalue weighted by Crippen LogP contribution is 2.37. The van der Waals surface area contributed by atoms with Crippen molar-refractivity contribution in [2.75, 3.05) is 5.73 Å². The van der Waals surface area contributed by atoms with E-state index in [1.165, 1.54) is 0 Å². The normalized spacial score (nSPS) is 21.6. The summed E-state index contributed by atoms with van der Waals surface area (Å²) in [6.07, 6.45) is 4.00. The van der Waals surface area contributed by atoms with Crippen molar-refractivity contribution >= 4 is 22.9 Å². The Hall–Kier alpha value is -2.16. The molecular weight excluding hydrogens is 224 g/mol. The SMILES string of the molecule is CC1=CC2=Nc3c(N)cccc3C(=O)C2C(C)=C1. The van der Waals surface area contributed by atoms with Gasteiger partial charge in [-0.25, -0.2) is 4.99 Å². The summed E-state index contributed by atoms with van der Waals surface area (Å²) in [7, 11) is 0. The number of rotatable bonds is 0. The van der Waals surface area contributed by atoms with Crippen LogP contribution in [0.15, 0.2) is 46.5 Å². The van der Waals surface area contributed by atoms with E-state index in [0.29, 0.717) is 16.9 Å². The zero-order chi connectivity index (χ0) is 12.9. The van der Waals surface area contributed by atoms with E-state index in [0.717, 1.165) is 16.9 Å². The maximum absolute atomic E-state index is 12.5. The summed E-state index contributed by atoms with van der Waals surface area (Å²) in [6, 6.07) is 5.38. The first-order valence-corrected chi connectivity index (χ1v) is 5.95. The number of hydrogen-bond donors (Lipinski definition) is 1. The fourth-order valence-electron chi connectivity index (χ4n) is 2.64. The minimum Gasteiger partial charge on any atom is -0.397 e. The molecule has 0 aromatic heterocycles. The molecule has 3 nitrogen and oxygen atoms in total. The van der Waals surface area contributed by atoms with Gasteiger partial charge >= 0.3 is 0 Å². The summed E-state index contributed by atoms with van der Waals surface area (Å²) in [5.41, 5.74) is 10.7. The predicted molar refractivity (Wildman–Crippen MR) is 73.3 cm³/mol. The number of nitrogens with zero attached hydrogens (tertiary/aromatic N) is 1. The molecule has 1 aromatic rings. The molecule has 0 bridgehead atoms. The largest absolute Gasteiger partial charge is 0.397 e. The number of aliphatic imine (C=N–C) groups is 1. The van der Waals surface area contributed by atoms with Gasteiger partial charge in [-0.1, -0.05) is 17.7 Å². The fraction of sp³-hybridized carbons (Fsp3) is 0.200. The van der Waals surface area contributed by atoms with E-state index in [1.807, 2.05) is 26.0 Å². The molecule has 3 rings (SSSR count). The van der Waals surface area contributed by atoms with Crippen molar-refractivity contribution in [1.29, 1.82) is 0 Å². The van der Waals surface area contributed by atoms with E-state index >= 15 is 0 Å². The lowest BCUT2D eigenvalue weighted by atomic mass is 9.80. The highest BCUT2D eigenvalue weighted by Gasteiger charge is 2.33. The summed E-state index contributed by atoms with van der Waals surface area (Å²) >= 11 is 0. The van der Waals surface area contributed by atoms with Gasteiger partial charge in [0.25, 0.3) is 0 Å². The number of Topliss-reactive ketones (excluding diaryl/α,β-unsaturated/α-hetero) is 1. The Morgan fingerprint density at radius 2 is 2.00 bits per heavy atom. The molecule has 0 spiro atoms. The van der Waals surface area contributed by atoms with E-state index in [9.17, 15) is 4.79 Å². The van der Waals surface area contributed by atoms with Crippen molar-refractivity contribution < 1.29 is 4.79 Å². The van der Waals surface area contributed by atoms with Gasteiger partial charge in [0.15, 0.2) is 5.78 Å². The Morgan fingerprint density at radius 1 is 1.22 bits per heavy atom. The molecule has 1 atom stereocenters. The Kier molecular flexibility index (Phi) is 2.23. The average molecular weight is 238 g/mol. The number of nitrogens with two attached hydrogens (primary N) is 1. The van der Waals surface area contributed by atoms with Crippen LogP contribution in [0, 0.1) is 5.92 Å². The number of fused-ring (bicyclic) bond motifs is 2. The van der Waals surface area contributed by atoms with Crippen molar-refractivity contribution in [1.82, 2.24) is 0 Å². The lowest BCUT2D eigenvalue weighted by Crippen LogP contribution is -2.29. The maximum Gasteiger partial charge on any atom is 0.178 e. The quantitative estimate of drug-likeness (QED) is 0.706. The molecule has 0 amide bonds. The standard InChI is InChI=1S/C15H14N2O/c1-8-6-9(2)13-12(7-8)17-14-10(15(13)18)4-3-5-11(14)16/h3-7,13H,16H2,1-2H3. The minimum absolute atomic E-state index is 0.0970. The zero-order valence-electron chi connectivity index (χ0n) is 10.4. The topological polar surface area (TPSA) is 55.4 Å². The molecule has 18 heavy (non-hydrogen) atoms. The molecule has 0 radical (unpaired) electrons. The molecule has 3 heteroatoms. The third-order valence-electron chi connectivity index (χ3n) is 3.42. The lowest BCUT2D eigenvalue weighted by Gasteiger charge is -2.26. The van der Waals surface area contributed by atoms with Gasteiger partial charge in [0.05, 0.1) is 23.0 Å². The molecule has 1 aliphatic carbocycles. The molecule has 0 saturated heterocycles. The van der Waals surface area contributed by atoms with Crippen LogP contribution in [0.2, 0.25) is 0 Å². The van der Waals surface area contributed by atoms with Crippen LogP contribution in [0.5, 0.6) is 0 Å². The van der Waals surface area contributed by atoms with Gasteiger partial charge < -0.3 is 5.73 Å². The molecule has 1 aromatic carbocycles. The molecule has 0 fully saturated rings. The summed E-state index contributed by atoms with van der Waals surface area (Å²) in [5.74, 6) is -0.136. The van der Waals surface area contributed by atoms with Crippen molar-refractivity contribution in [3.63, 3.8) is 0 Å². The van der Waals surface area contributed by atoms with Crippen LogP contribution in [-0.4, -0.2) is 11.5 Å². The molecule has 1 aliphatic heterocycles. The lowest BCUT2D eigenvalue weighted by molar-refractivity contribution is 0.0967. The molecule has 1 heterocycles. The predicted octanol–water partition coefficient (Wildman–Crippen LogP) is 3.06. The number of para-hydroxylation sites is 1. The average Bonchev–Trinajstić information content (AvgIpc) is 2.30. The van der Waals surface area contributed by atoms with E-state index in [4.69, 9.17) is 5.73 Å². The smallest absolute Gasteiger partial charge is 0.178 e. The van der Waals surface area contributed by atoms with E-state index < -0.39 is 0 Å². The maximum atomic E-state index is 12.5. The van der Waals surface area contributed by atoms with Gasteiger partial charge in [0.2, 0.25) is 0 Å².